The van der Waals surface area contributed by atoms with E-state index in [0.717, 1.165) is 0 Å². The van der Waals surface area contributed by atoms with Crippen LogP contribution in [0.1, 0.15) is 39.0 Å². The highest BCUT2D eigenvalue weighted by atomic mass is 19.3. The van der Waals surface area contributed by atoms with Crippen molar-refractivity contribution in [2.24, 2.45) is 0 Å². The molecular formula is C9H14F2O2. The molecule has 0 heterocycles. The maximum Gasteiger partial charge on any atom is 0.333 e. The number of rotatable bonds is 3. The third-order valence-corrected chi connectivity index (χ3v) is 2.69. The van der Waals surface area contributed by atoms with Gasteiger partial charge in [-0.3, -0.25) is 4.79 Å². The maximum atomic E-state index is 13.3. The molecule has 0 spiro atoms. The number of halogens is 2. The van der Waals surface area contributed by atoms with E-state index < -0.39 is 17.3 Å². The Morgan fingerprint density at radius 3 is 2.31 bits per heavy atom. The molecule has 0 aromatic heterocycles. The molecule has 4 heteroatoms. The zero-order chi connectivity index (χ0) is 10.1. The van der Waals surface area contributed by atoms with Gasteiger partial charge in [0.25, 0.3) is 0 Å². The van der Waals surface area contributed by atoms with E-state index in [2.05, 4.69) is 0 Å². The molecule has 2 nitrogen and oxygen atoms in total. The average Bonchev–Trinajstić information content (AvgIpc) is 2.52. The van der Waals surface area contributed by atoms with Gasteiger partial charge in [0.2, 0.25) is 5.78 Å². The van der Waals surface area contributed by atoms with Crippen LogP contribution >= 0.6 is 0 Å². The van der Waals surface area contributed by atoms with Crippen LogP contribution in [-0.4, -0.2) is 22.4 Å². The molecule has 0 bridgehead atoms. The Labute approximate surface area is 75.9 Å². The molecule has 1 fully saturated rings. The molecule has 0 unspecified atom stereocenters. The van der Waals surface area contributed by atoms with Crippen LogP contribution in [0.2, 0.25) is 0 Å². The minimum absolute atomic E-state index is 0.0335. The number of alkyl halides is 2. The first-order valence-corrected chi connectivity index (χ1v) is 4.57. The monoisotopic (exact) mass is 192 g/mol. The number of aliphatic hydroxyl groups is 1. The molecule has 1 N–H and O–H groups in total. The van der Waals surface area contributed by atoms with Gasteiger partial charge in [0.05, 0.1) is 0 Å². The summed E-state index contributed by atoms with van der Waals surface area (Å²) in [7, 11) is 0. The van der Waals surface area contributed by atoms with Crippen molar-refractivity contribution in [2.75, 3.05) is 0 Å². The van der Waals surface area contributed by atoms with Gasteiger partial charge in [0, 0.05) is 6.42 Å². The van der Waals surface area contributed by atoms with Crippen molar-refractivity contribution in [3.05, 3.63) is 0 Å². The van der Waals surface area contributed by atoms with E-state index in [1.54, 1.807) is 0 Å². The SMILES string of the molecule is CCC(=O)C(F)(F)C1(O)CCCC1. The van der Waals surface area contributed by atoms with Crippen LogP contribution < -0.4 is 0 Å². The van der Waals surface area contributed by atoms with Crippen LogP contribution in [-0.2, 0) is 4.79 Å². The Hall–Kier alpha value is -0.510. The second-order valence-electron chi connectivity index (χ2n) is 3.59. The Morgan fingerprint density at radius 1 is 1.46 bits per heavy atom. The molecule has 1 aliphatic carbocycles. The van der Waals surface area contributed by atoms with Gasteiger partial charge in [-0.25, -0.2) is 0 Å². The van der Waals surface area contributed by atoms with Crippen LogP contribution in [0, 0.1) is 0 Å². The third kappa shape index (κ3) is 1.59. The van der Waals surface area contributed by atoms with E-state index in [1.165, 1.54) is 6.92 Å². The quantitative estimate of drug-likeness (QED) is 0.741. The molecule has 1 saturated carbocycles. The molecule has 0 radical (unpaired) electrons. The van der Waals surface area contributed by atoms with Crippen molar-refractivity contribution >= 4 is 5.78 Å². The lowest BCUT2D eigenvalue weighted by atomic mass is 9.90. The summed E-state index contributed by atoms with van der Waals surface area (Å²) in [5, 5.41) is 9.55. The van der Waals surface area contributed by atoms with E-state index in [4.69, 9.17) is 0 Å². The van der Waals surface area contributed by atoms with Crippen molar-refractivity contribution in [1.29, 1.82) is 0 Å². The first kappa shape index (κ1) is 10.6. The fourth-order valence-electron chi connectivity index (χ4n) is 1.76. The standard InChI is InChI=1S/C9H14F2O2/c1-2-7(12)9(10,11)8(13)5-3-4-6-8/h13H,2-6H2,1H3. The molecule has 1 rings (SSSR count). The number of Topliss-reactive ketones (excluding diaryl/α,β-unsaturated/α-hetero) is 1. The van der Waals surface area contributed by atoms with Gasteiger partial charge >= 0.3 is 5.92 Å². The van der Waals surface area contributed by atoms with E-state index in [1.807, 2.05) is 0 Å². The summed E-state index contributed by atoms with van der Waals surface area (Å²) in [5.41, 5.74) is -2.07. The second-order valence-corrected chi connectivity index (χ2v) is 3.59. The van der Waals surface area contributed by atoms with Crippen LogP contribution in [0.15, 0.2) is 0 Å². The second kappa shape index (κ2) is 3.33. The van der Waals surface area contributed by atoms with E-state index >= 15 is 0 Å². The van der Waals surface area contributed by atoms with Gasteiger partial charge in [0.1, 0.15) is 5.60 Å². The molecule has 0 aromatic carbocycles. The molecule has 13 heavy (non-hydrogen) atoms. The molecule has 1 aliphatic rings. The summed E-state index contributed by atoms with van der Waals surface area (Å²) in [4.78, 5) is 10.9. The van der Waals surface area contributed by atoms with Crippen LogP contribution in [0.25, 0.3) is 0 Å². The molecule has 0 aliphatic heterocycles. The van der Waals surface area contributed by atoms with Gasteiger partial charge < -0.3 is 5.11 Å². The topological polar surface area (TPSA) is 37.3 Å². The molecule has 0 atom stereocenters. The summed E-state index contributed by atoms with van der Waals surface area (Å²) in [6.45, 7) is 1.38. The zero-order valence-corrected chi connectivity index (χ0v) is 7.65. The summed E-state index contributed by atoms with van der Waals surface area (Å²) in [6.07, 6.45) is 0.985. The zero-order valence-electron chi connectivity index (χ0n) is 7.65. The van der Waals surface area contributed by atoms with Crippen LogP contribution in [0.5, 0.6) is 0 Å². The lowest BCUT2D eigenvalue weighted by molar-refractivity contribution is -0.188. The number of ketones is 1. The highest BCUT2D eigenvalue weighted by Crippen LogP contribution is 2.42. The summed E-state index contributed by atoms with van der Waals surface area (Å²) in [5.74, 6) is -4.71. The van der Waals surface area contributed by atoms with Crippen molar-refractivity contribution < 1.29 is 18.7 Å². The highest BCUT2D eigenvalue weighted by molar-refractivity contribution is 5.86. The van der Waals surface area contributed by atoms with E-state index in [9.17, 15) is 18.7 Å². The number of carbonyl (C=O) groups excluding carboxylic acids is 1. The lowest BCUT2D eigenvalue weighted by Crippen LogP contribution is -2.51. The molecule has 0 amide bonds. The smallest absolute Gasteiger partial charge is 0.333 e. The predicted octanol–water partition coefficient (Wildman–Crippen LogP) is 1.91. The molecule has 76 valence electrons. The number of hydrogen-bond donors (Lipinski definition) is 1. The molecular weight excluding hydrogens is 178 g/mol. The Balaban J connectivity index is 2.83. The van der Waals surface area contributed by atoms with Gasteiger partial charge in [0.15, 0.2) is 0 Å². The van der Waals surface area contributed by atoms with E-state index in [-0.39, 0.29) is 19.3 Å². The summed E-state index contributed by atoms with van der Waals surface area (Å²) >= 11 is 0. The van der Waals surface area contributed by atoms with Gasteiger partial charge in [-0.1, -0.05) is 19.8 Å². The Morgan fingerprint density at radius 2 is 1.92 bits per heavy atom. The molecule has 0 aromatic rings. The maximum absolute atomic E-state index is 13.3. The summed E-state index contributed by atoms with van der Waals surface area (Å²) in [6, 6.07) is 0. The fraction of sp³-hybridized carbons (Fsp3) is 0.889. The summed E-state index contributed by atoms with van der Waals surface area (Å²) < 4.78 is 26.6. The lowest BCUT2D eigenvalue weighted by Gasteiger charge is -2.30. The van der Waals surface area contributed by atoms with Crippen LogP contribution in [0.4, 0.5) is 8.78 Å². The Kier molecular flexibility index (Phi) is 2.71. The minimum atomic E-state index is -3.56. The highest BCUT2D eigenvalue weighted by Gasteiger charge is 2.57. The number of hydrogen-bond acceptors (Lipinski definition) is 2. The third-order valence-electron chi connectivity index (χ3n) is 2.69. The van der Waals surface area contributed by atoms with Gasteiger partial charge in [-0.15, -0.1) is 0 Å². The van der Waals surface area contributed by atoms with Crippen LogP contribution in [0.3, 0.4) is 0 Å². The van der Waals surface area contributed by atoms with E-state index in [0.29, 0.717) is 12.8 Å². The van der Waals surface area contributed by atoms with Crippen molar-refractivity contribution in [1.82, 2.24) is 0 Å². The van der Waals surface area contributed by atoms with Gasteiger partial charge in [-0.2, -0.15) is 8.78 Å². The predicted molar refractivity (Wildman–Crippen MR) is 43.7 cm³/mol. The van der Waals surface area contributed by atoms with Crippen molar-refractivity contribution in [2.45, 2.75) is 50.6 Å². The van der Waals surface area contributed by atoms with Crippen molar-refractivity contribution in [3.8, 4) is 0 Å². The normalized spacial score (nSPS) is 21.8. The first-order chi connectivity index (χ1) is 5.94. The average molecular weight is 192 g/mol. The first-order valence-electron chi connectivity index (χ1n) is 4.57. The number of carbonyl (C=O) groups is 1. The van der Waals surface area contributed by atoms with Crippen molar-refractivity contribution in [3.63, 3.8) is 0 Å². The minimum Gasteiger partial charge on any atom is -0.383 e. The Bertz CT molecular complexity index is 208. The fourth-order valence-corrected chi connectivity index (χ4v) is 1.76. The van der Waals surface area contributed by atoms with Gasteiger partial charge in [-0.05, 0) is 12.8 Å². The molecule has 0 saturated heterocycles. The largest absolute Gasteiger partial charge is 0.383 e.